The number of amides is 1. The van der Waals surface area contributed by atoms with E-state index in [-0.39, 0.29) is 17.2 Å². The monoisotopic (exact) mass is 332 g/mol. The van der Waals surface area contributed by atoms with Gasteiger partial charge in [0.25, 0.3) is 0 Å². The van der Waals surface area contributed by atoms with Crippen molar-refractivity contribution < 1.29 is 18.0 Å². The van der Waals surface area contributed by atoms with Gasteiger partial charge in [-0.2, -0.15) is 13.2 Å². The van der Waals surface area contributed by atoms with Gasteiger partial charge in [0.15, 0.2) is 0 Å². The third kappa shape index (κ3) is 4.39. The molecular formula is C15H19F3N2OS. The molecule has 1 aliphatic carbocycles. The van der Waals surface area contributed by atoms with E-state index in [1.807, 2.05) is 0 Å². The van der Waals surface area contributed by atoms with Crippen LogP contribution in [-0.2, 0) is 11.0 Å². The molecule has 122 valence electrons. The molecule has 3 nitrogen and oxygen atoms in total. The maximum Gasteiger partial charge on any atom is 0.416 e. The molecule has 0 radical (unpaired) electrons. The van der Waals surface area contributed by atoms with Crippen LogP contribution in [0.15, 0.2) is 29.2 Å². The Balaban J connectivity index is 1.91. The van der Waals surface area contributed by atoms with E-state index in [1.165, 1.54) is 6.07 Å². The SMILES string of the molecule is NCC1(NC(=O)CSc2cccc(C(F)(F)F)c2)CCCC1. The van der Waals surface area contributed by atoms with E-state index in [0.29, 0.717) is 11.4 Å². The number of hydrogen-bond acceptors (Lipinski definition) is 3. The van der Waals surface area contributed by atoms with E-state index in [4.69, 9.17) is 5.73 Å². The largest absolute Gasteiger partial charge is 0.416 e. The maximum absolute atomic E-state index is 12.6. The van der Waals surface area contributed by atoms with Crippen molar-refractivity contribution in [1.82, 2.24) is 5.32 Å². The minimum atomic E-state index is -4.37. The quantitative estimate of drug-likeness (QED) is 0.814. The first-order valence-electron chi connectivity index (χ1n) is 7.16. The Bertz CT molecular complexity index is 528. The number of halogens is 3. The van der Waals surface area contributed by atoms with E-state index < -0.39 is 11.7 Å². The van der Waals surface area contributed by atoms with Crippen molar-refractivity contribution in [2.24, 2.45) is 5.73 Å². The van der Waals surface area contributed by atoms with Crippen LogP contribution >= 0.6 is 11.8 Å². The Morgan fingerprint density at radius 1 is 1.32 bits per heavy atom. The molecule has 0 unspecified atom stereocenters. The van der Waals surface area contributed by atoms with E-state index in [0.717, 1.165) is 49.6 Å². The summed E-state index contributed by atoms with van der Waals surface area (Å²) in [6.45, 7) is 0.396. The number of benzene rings is 1. The van der Waals surface area contributed by atoms with Crippen molar-refractivity contribution in [3.05, 3.63) is 29.8 Å². The molecule has 0 aliphatic heterocycles. The number of rotatable bonds is 5. The zero-order chi connectivity index (χ0) is 16.2. The number of carbonyl (C=O) groups excluding carboxylic acids is 1. The smallest absolute Gasteiger partial charge is 0.349 e. The first-order valence-corrected chi connectivity index (χ1v) is 8.14. The normalized spacial score (nSPS) is 17.5. The molecule has 1 fully saturated rings. The van der Waals surface area contributed by atoms with E-state index in [2.05, 4.69) is 5.32 Å². The fourth-order valence-electron chi connectivity index (χ4n) is 2.67. The number of nitrogens with two attached hydrogens (primary N) is 1. The van der Waals surface area contributed by atoms with Crippen LogP contribution in [0.4, 0.5) is 13.2 Å². The minimum Gasteiger partial charge on any atom is -0.349 e. The van der Waals surface area contributed by atoms with Gasteiger partial charge < -0.3 is 11.1 Å². The van der Waals surface area contributed by atoms with Crippen LogP contribution in [0.5, 0.6) is 0 Å². The highest BCUT2D eigenvalue weighted by molar-refractivity contribution is 8.00. The summed E-state index contributed by atoms with van der Waals surface area (Å²) in [6.07, 6.45) is -0.560. The van der Waals surface area contributed by atoms with Gasteiger partial charge >= 0.3 is 6.18 Å². The molecule has 0 atom stereocenters. The number of carbonyl (C=O) groups is 1. The maximum atomic E-state index is 12.6. The highest BCUT2D eigenvalue weighted by Gasteiger charge is 2.34. The van der Waals surface area contributed by atoms with E-state index in [1.54, 1.807) is 6.07 Å². The fourth-order valence-corrected chi connectivity index (χ4v) is 3.43. The predicted octanol–water partition coefficient (Wildman–Crippen LogP) is 3.19. The third-order valence-corrected chi connectivity index (χ3v) is 4.88. The Morgan fingerprint density at radius 3 is 2.59 bits per heavy atom. The van der Waals surface area contributed by atoms with Crippen molar-refractivity contribution in [2.45, 2.75) is 42.3 Å². The van der Waals surface area contributed by atoms with Crippen LogP contribution < -0.4 is 11.1 Å². The molecule has 0 heterocycles. The zero-order valence-electron chi connectivity index (χ0n) is 12.1. The van der Waals surface area contributed by atoms with Gasteiger partial charge in [0, 0.05) is 11.4 Å². The Labute approximate surface area is 131 Å². The molecule has 1 amide bonds. The Kier molecular flexibility index (Phi) is 5.39. The molecule has 0 saturated heterocycles. The van der Waals surface area contributed by atoms with Gasteiger partial charge in [0.05, 0.1) is 16.9 Å². The van der Waals surface area contributed by atoms with Gasteiger partial charge in [-0.3, -0.25) is 4.79 Å². The molecule has 2 rings (SSSR count). The predicted molar refractivity (Wildman–Crippen MR) is 80.6 cm³/mol. The summed E-state index contributed by atoms with van der Waals surface area (Å²) in [6, 6.07) is 5.00. The number of alkyl halides is 3. The summed E-state index contributed by atoms with van der Waals surface area (Å²) in [4.78, 5) is 12.4. The molecule has 0 spiro atoms. The lowest BCUT2D eigenvalue weighted by Crippen LogP contribution is -2.52. The average Bonchev–Trinajstić information content (AvgIpc) is 2.94. The van der Waals surface area contributed by atoms with Gasteiger partial charge in [-0.1, -0.05) is 18.9 Å². The molecular weight excluding hydrogens is 313 g/mol. The van der Waals surface area contributed by atoms with Gasteiger partial charge in [-0.25, -0.2) is 0 Å². The lowest BCUT2D eigenvalue weighted by molar-refractivity contribution is -0.137. The second-order valence-electron chi connectivity index (χ2n) is 5.55. The van der Waals surface area contributed by atoms with Gasteiger partial charge in [-0.15, -0.1) is 11.8 Å². The van der Waals surface area contributed by atoms with Gasteiger partial charge in [-0.05, 0) is 31.0 Å². The summed E-state index contributed by atoms with van der Waals surface area (Å²) >= 11 is 1.10. The first-order chi connectivity index (χ1) is 10.3. The van der Waals surface area contributed by atoms with Crippen LogP contribution in [0.1, 0.15) is 31.2 Å². The average molecular weight is 332 g/mol. The van der Waals surface area contributed by atoms with Crippen LogP contribution in [0.2, 0.25) is 0 Å². The van der Waals surface area contributed by atoms with Crippen molar-refractivity contribution in [2.75, 3.05) is 12.3 Å². The van der Waals surface area contributed by atoms with Crippen molar-refractivity contribution >= 4 is 17.7 Å². The molecule has 1 aliphatic rings. The number of thioether (sulfide) groups is 1. The van der Waals surface area contributed by atoms with Crippen LogP contribution in [0.3, 0.4) is 0 Å². The van der Waals surface area contributed by atoms with Crippen LogP contribution in [0, 0.1) is 0 Å². The second-order valence-corrected chi connectivity index (χ2v) is 6.60. The zero-order valence-corrected chi connectivity index (χ0v) is 12.9. The van der Waals surface area contributed by atoms with E-state index in [9.17, 15) is 18.0 Å². The molecule has 7 heteroatoms. The molecule has 1 aromatic carbocycles. The molecule has 1 saturated carbocycles. The summed E-state index contributed by atoms with van der Waals surface area (Å²) in [7, 11) is 0. The Morgan fingerprint density at radius 2 is 2.00 bits per heavy atom. The third-order valence-electron chi connectivity index (χ3n) is 3.89. The van der Waals surface area contributed by atoms with Gasteiger partial charge in [0.2, 0.25) is 5.91 Å². The van der Waals surface area contributed by atoms with Crippen molar-refractivity contribution in [1.29, 1.82) is 0 Å². The first kappa shape index (κ1) is 17.1. The Hall–Kier alpha value is -1.21. The molecule has 0 aromatic heterocycles. The molecule has 22 heavy (non-hydrogen) atoms. The lowest BCUT2D eigenvalue weighted by atomic mass is 9.98. The topological polar surface area (TPSA) is 55.1 Å². The summed E-state index contributed by atoms with van der Waals surface area (Å²) in [5, 5.41) is 2.95. The van der Waals surface area contributed by atoms with E-state index >= 15 is 0 Å². The van der Waals surface area contributed by atoms with Crippen LogP contribution in [0.25, 0.3) is 0 Å². The summed E-state index contributed by atoms with van der Waals surface area (Å²) in [5.74, 6) is -0.0990. The standard InChI is InChI=1S/C15H19F3N2OS/c16-15(17,18)11-4-3-5-12(8-11)22-9-13(21)20-14(10-19)6-1-2-7-14/h3-5,8H,1-2,6-7,9-10,19H2,(H,20,21). The fraction of sp³-hybridized carbons (Fsp3) is 0.533. The number of hydrogen-bond donors (Lipinski definition) is 2. The molecule has 3 N–H and O–H groups in total. The lowest BCUT2D eigenvalue weighted by Gasteiger charge is -2.28. The molecule has 1 aromatic rings. The second kappa shape index (κ2) is 6.91. The highest BCUT2D eigenvalue weighted by Crippen LogP contribution is 2.32. The minimum absolute atomic E-state index is 0.0864. The molecule has 0 bridgehead atoms. The summed E-state index contributed by atoms with van der Waals surface area (Å²) in [5.41, 5.74) is 4.72. The summed E-state index contributed by atoms with van der Waals surface area (Å²) < 4.78 is 37.9. The highest BCUT2D eigenvalue weighted by atomic mass is 32.2. The van der Waals surface area contributed by atoms with Gasteiger partial charge in [0.1, 0.15) is 0 Å². The van der Waals surface area contributed by atoms with Crippen molar-refractivity contribution in [3.63, 3.8) is 0 Å². The van der Waals surface area contributed by atoms with Crippen LogP contribution in [-0.4, -0.2) is 23.7 Å². The number of nitrogens with one attached hydrogen (secondary N) is 1. The van der Waals surface area contributed by atoms with Crippen molar-refractivity contribution in [3.8, 4) is 0 Å².